The van der Waals surface area contributed by atoms with Crippen molar-refractivity contribution in [3.8, 4) is 0 Å². The molecule has 18 heavy (non-hydrogen) atoms. The molecule has 1 fully saturated rings. The van der Waals surface area contributed by atoms with Crippen molar-refractivity contribution >= 4 is 23.5 Å². The van der Waals surface area contributed by atoms with Crippen molar-refractivity contribution in [3.63, 3.8) is 0 Å². The first kappa shape index (κ1) is 12.9. The molecule has 0 bridgehead atoms. The van der Waals surface area contributed by atoms with Gasteiger partial charge in [-0.3, -0.25) is 4.79 Å². The van der Waals surface area contributed by atoms with E-state index >= 15 is 0 Å². The van der Waals surface area contributed by atoms with E-state index in [0.29, 0.717) is 12.8 Å². The number of carbonyl (C=O) groups is 2. The lowest BCUT2D eigenvalue weighted by Crippen LogP contribution is -2.33. The van der Waals surface area contributed by atoms with Crippen molar-refractivity contribution in [1.82, 2.24) is 5.32 Å². The highest BCUT2D eigenvalue weighted by molar-refractivity contribution is 6.32. The summed E-state index contributed by atoms with van der Waals surface area (Å²) in [5, 5.41) is 11.4. The molecule has 1 aromatic heterocycles. The first-order valence-electron chi connectivity index (χ1n) is 5.47. The molecule has 0 aliphatic carbocycles. The molecule has 2 heterocycles. The van der Waals surface area contributed by atoms with Crippen LogP contribution in [0.25, 0.3) is 0 Å². The highest BCUT2D eigenvalue weighted by Crippen LogP contribution is 2.20. The molecule has 0 spiro atoms. The van der Waals surface area contributed by atoms with Gasteiger partial charge < -0.3 is 19.6 Å². The van der Waals surface area contributed by atoms with Crippen LogP contribution in [0.3, 0.4) is 0 Å². The monoisotopic (exact) mass is 273 g/mol. The van der Waals surface area contributed by atoms with Gasteiger partial charge in [0, 0.05) is 6.54 Å². The maximum Gasteiger partial charge on any atom is 0.332 e. The summed E-state index contributed by atoms with van der Waals surface area (Å²) in [6.07, 6.45) is 1.34. The summed E-state index contributed by atoms with van der Waals surface area (Å²) in [6.45, 7) is 0.254. The van der Waals surface area contributed by atoms with Gasteiger partial charge in [0.25, 0.3) is 5.91 Å². The summed E-state index contributed by atoms with van der Waals surface area (Å²) in [7, 11) is 0. The van der Waals surface area contributed by atoms with Crippen LogP contribution in [-0.2, 0) is 9.53 Å². The number of halogens is 1. The summed E-state index contributed by atoms with van der Waals surface area (Å²) in [6, 6.07) is 1.47. The second-order valence-electron chi connectivity index (χ2n) is 3.98. The lowest BCUT2D eigenvalue weighted by molar-refractivity contribution is -0.149. The number of carboxylic acids is 1. The molecule has 0 saturated carbocycles. The molecule has 1 aliphatic rings. The summed E-state index contributed by atoms with van der Waals surface area (Å²) in [5.41, 5.74) is 0.254. The largest absolute Gasteiger partial charge is 0.479 e. The zero-order chi connectivity index (χ0) is 13.1. The van der Waals surface area contributed by atoms with Gasteiger partial charge in [-0.1, -0.05) is 0 Å². The van der Waals surface area contributed by atoms with Crippen molar-refractivity contribution < 1.29 is 23.8 Å². The van der Waals surface area contributed by atoms with E-state index in [1.807, 2.05) is 0 Å². The quantitative estimate of drug-likeness (QED) is 0.863. The summed E-state index contributed by atoms with van der Waals surface area (Å²) in [5.74, 6) is -1.34. The fourth-order valence-electron chi connectivity index (χ4n) is 1.80. The van der Waals surface area contributed by atoms with Crippen LogP contribution in [0.15, 0.2) is 16.7 Å². The number of rotatable bonds is 4. The van der Waals surface area contributed by atoms with Crippen molar-refractivity contribution in [1.29, 1.82) is 0 Å². The predicted octanol–water partition coefficient (Wildman–Crippen LogP) is 1.29. The maximum absolute atomic E-state index is 11.7. The Morgan fingerprint density at radius 1 is 1.50 bits per heavy atom. The van der Waals surface area contributed by atoms with E-state index in [1.165, 1.54) is 12.3 Å². The van der Waals surface area contributed by atoms with Crippen LogP contribution in [0, 0.1) is 0 Å². The fraction of sp³-hybridized carbons (Fsp3) is 0.455. The molecule has 2 unspecified atom stereocenters. The number of carboxylic acid groups (broad SMARTS) is 1. The number of aliphatic carboxylic acids is 1. The lowest BCUT2D eigenvalue weighted by Gasteiger charge is -2.11. The Bertz CT molecular complexity index is 458. The molecule has 1 aromatic rings. The Morgan fingerprint density at radius 3 is 2.83 bits per heavy atom. The van der Waals surface area contributed by atoms with Gasteiger partial charge >= 0.3 is 5.97 Å². The molecule has 0 aromatic carbocycles. The molecule has 1 amide bonds. The summed E-state index contributed by atoms with van der Waals surface area (Å²) in [4.78, 5) is 22.3. The number of furan rings is 1. The van der Waals surface area contributed by atoms with E-state index in [-0.39, 0.29) is 29.3 Å². The van der Waals surface area contributed by atoms with Crippen LogP contribution in [0.5, 0.6) is 0 Å². The van der Waals surface area contributed by atoms with Crippen molar-refractivity contribution in [2.45, 2.75) is 25.0 Å². The number of hydrogen-bond donors (Lipinski definition) is 2. The second kappa shape index (κ2) is 5.41. The maximum atomic E-state index is 11.7. The summed E-state index contributed by atoms with van der Waals surface area (Å²) < 4.78 is 10.1. The van der Waals surface area contributed by atoms with E-state index in [1.54, 1.807) is 0 Å². The number of hydrogen-bond acceptors (Lipinski definition) is 4. The van der Waals surface area contributed by atoms with Crippen LogP contribution >= 0.6 is 11.6 Å². The third-order valence-electron chi connectivity index (χ3n) is 2.74. The van der Waals surface area contributed by atoms with Crippen LogP contribution < -0.4 is 5.32 Å². The van der Waals surface area contributed by atoms with Gasteiger partial charge in [-0.05, 0) is 30.5 Å². The molecular weight excluding hydrogens is 262 g/mol. The molecule has 2 N–H and O–H groups in total. The Kier molecular flexibility index (Phi) is 3.88. The molecule has 2 rings (SSSR count). The first-order chi connectivity index (χ1) is 8.58. The fourth-order valence-corrected chi connectivity index (χ4v) is 2.00. The molecule has 98 valence electrons. The van der Waals surface area contributed by atoms with E-state index < -0.39 is 12.1 Å². The van der Waals surface area contributed by atoms with Gasteiger partial charge in [0.1, 0.15) is 0 Å². The molecule has 7 heteroatoms. The topological polar surface area (TPSA) is 88.8 Å². The van der Waals surface area contributed by atoms with Gasteiger partial charge in [0.05, 0.1) is 17.9 Å². The molecule has 2 atom stereocenters. The highest BCUT2D eigenvalue weighted by Gasteiger charge is 2.30. The molecule has 1 saturated heterocycles. The van der Waals surface area contributed by atoms with Gasteiger partial charge in [-0.2, -0.15) is 0 Å². The van der Waals surface area contributed by atoms with Crippen molar-refractivity contribution in [2.75, 3.05) is 6.54 Å². The Hall–Kier alpha value is -1.53. The number of ether oxygens (including phenoxy) is 1. The van der Waals surface area contributed by atoms with E-state index in [2.05, 4.69) is 5.32 Å². The molecular formula is C11H12ClNO5. The van der Waals surface area contributed by atoms with E-state index in [9.17, 15) is 9.59 Å². The van der Waals surface area contributed by atoms with Crippen LogP contribution in [0.1, 0.15) is 23.2 Å². The third-order valence-corrected chi connectivity index (χ3v) is 3.03. The minimum Gasteiger partial charge on any atom is -0.479 e. The SMILES string of the molecule is O=C(NCC1CCC(C(=O)O)O1)c1ccoc1Cl. The smallest absolute Gasteiger partial charge is 0.332 e. The Labute approximate surface area is 108 Å². The Balaban J connectivity index is 1.81. The summed E-state index contributed by atoms with van der Waals surface area (Å²) >= 11 is 5.66. The average molecular weight is 274 g/mol. The minimum absolute atomic E-state index is 0.0308. The van der Waals surface area contributed by atoms with Crippen LogP contribution in [-0.4, -0.2) is 35.7 Å². The van der Waals surface area contributed by atoms with Crippen molar-refractivity contribution in [3.05, 3.63) is 23.1 Å². The van der Waals surface area contributed by atoms with Gasteiger partial charge in [-0.25, -0.2) is 4.79 Å². The third kappa shape index (κ3) is 2.83. The second-order valence-corrected chi connectivity index (χ2v) is 4.32. The Morgan fingerprint density at radius 2 is 2.28 bits per heavy atom. The number of nitrogens with one attached hydrogen (secondary N) is 1. The number of carbonyl (C=O) groups excluding carboxylic acids is 1. The van der Waals surface area contributed by atoms with Gasteiger partial charge in [-0.15, -0.1) is 0 Å². The lowest BCUT2D eigenvalue weighted by atomic mass is 10.2. The zero-order valence-electron chi connectivity index (χ0n) is 9.39. The van der Waals surface area contributed by atoms with Crippen LogP contribution in [0.4, 0.5) is 0 Å². The van der Waals surface area contributed by atoms with E-state index in [0.717, 1.165) is 0 Å². The number of amides is 1. The zero-order valence-corrected chi connectivity index (χ0v) is 10.1. The highest BCUT2D eigenvalue weighted by atomic mass is 35.5. The normalized spacial score (nSPS) is 22.9. The van der Waals surface area contributed by atoms with Gasteiger partial charge in [0.15, 0.2) is 6.10 Å². The van der Waals surface area contributed by atoms with Crippen LogP contribution in [0.2, 0.25) is 5.22 Å². The van der Waals surface area contributed by atoms with Crippen molar-refractivity contribution in [2.24, 2.45) is 0 Å². The average Bonchev–Trinajstić information content (AvgIpc) is 2.94. The standard InChI is InChI=1S/C11H12ClNO5/c12-9-7(3-4-17-9)10(14)13-5-6-1-2-8(18-6)11(15)16/h3-4,6,8H,1-2,5H2,(H,13,14)(H,15,16). The molecule has 6 nitrogen and oxygen atoms in total. The predicted molar refractivity (Wildman–Crippen MR) is 61.6 cm³/mol. The molecule has 0 radical (unpaired) electrons. The van der Waals surface area contributed by atoms with Gasteiger partial charge in [0.2, 0.25) is 5.22 Å². The first-order valence-corrected chi connectivity index (χ1v) is 5.85. The molecule has 1 aliphatic heterocycles. The minimum atomic E-state index is -0.971. The van der Waals surface area contributed by atoms with E-state index in [4.69, 9.17) is 25.9 Å².